The second kappa shape index (κ2) is 21.7. The van der Waals surface area contributed by atoms with Crippen LogP contribution in [0.4, 0.5) is 0 Å². The molecule has 0 aliphatic rings. The normalized spacial score (nSPS) is 11.0. The highest BCUT2D eigenvalue weighted by atomic mass is 16.6. The van der Waals surface area contributed by atoms with Gasteiger partial charge in [-0.3, -0.25) is 4.79 Å². The molecule has 0 amide bonds. The van der Waals surface area contributed by atoms with Crippen molar-refractivity contribution < 1.29 is 33.2 Å². The van der Waals surface area contributed by atoms with Gasteiger partial charge in [-0.25, -0.2) is 0 Å². The number of unbranched alkanes of at least 4 members (excludes halogenated alkanes) is 4. The van der Waals surface area contributed by atoms with Crippen LogP contribution in [0.15, 0.2) is 24.3 Å². The minimum atomic E-state index is 0.452. The maximum Gasteiger partial charge on any atom is 0.150 e. The molecule has 178 valence electrons. The van der Waals surface area contributed by atoms with Gasteiger partial charge < -0.3 is 28.4 Å². The Hall–Kier alpha value is -1.51. The highest BCUT2D eigenvalue weighted by Crippen LogP contribution is 2.10. The van der Waals surface area contributed by atoms with Crippen LogP contribution in [-0.4, -0.2) is 79.0 Å². The fourth-order valence-electron chi connectivity index (χ4n) is 2.65. The van der Waals surface area contributed by atoms with Gasteiger partial charge in [0.25, 0.3) is 0 Å². The van der Waals surface area contributed by atoms with Gasteiger partial charge in [0.1, 0.15) is 18.6 Å². The SMILES string of the molecule is CCCCCCCOCCOCCOCCOCCOCCOc1ccc(C=O)cc1. The molecule has 7 nitrogen and oxygen atoms in total. The van der Waals surface area contributed by atoms with E-state index < -0.39 is 0 Å². The van der Waals surface area contributed by atoms with Gasteiger partial charge in [0.2, 0.25) is 0 Å². The zero-order chi connectivity index (χ0) is 22.2. The number of carbonyl (C=O) groups excluding carboxylic acids is 1. The first kappa shape index (κ1) is 27.5. The van der Waals surface area contributed by atoms with Crippen LogP contribution in [-0.2, 0) is 23.7 Å². The number of ether oxygens (including phenoxy) is 6. The van der Waals surface area contributed by atoms with Gasteiger partial charge >= 0.3 is 0 Å². The summed E-state index contributed by atoms with van der Waals surface area (Å²) in [6.45, 7) is 8.47. The second-order valence-electron chi connectivity index (χ2n) is 7.01. The van der Waals surface area contributed by atoms with E-state index in [-0.39, 0.29) is 0 Å². The Balaban J connectivity index is 1.71. The van der Waals surface area contributed by atoms with E-state index in [2.05, 4.69) is 6.92 Å². The lowest BCUT2D eigenvalue weighted by Crippen LogP contribution is -2.14. The summed E-state index contributed by atoms with van der Waals surface area (Å²) in [6.07, 6.45) is 7.10. The van der Waals surface area contributed by atoms with Crippen LogP contribution < -0.4 is 4.74 Å². The molecule has 0 aliphatic carbocycles. The Kier molecular flexibility index (Phi) is 19.3. The van der Waals surface area contributed by atoms with Gasteiger partial charge in [-0.1, -0.05) is 32.6 Å². The Labute approximate surface area is 187 Å². The lowest BCUT2D eigenvalue weighted by atomic mass is 10.2. The third-order valence-electron chi connectivity index (χ3n) is 4.39. The highest BCUT2D eigenvalue weighted by molar-refractivity contribution is 5.74. The summed E-state index contributed by atoms with van der Waals surface area (Å²) < 4.78 is 32.9. The summed E-state index contributed by atoms with van der Waals surface area (Å²) in [5, 5.41) is 0. The molecular weight excluding hydrogens is 400 g/mol. The third kappa shape index (κ3) is 17.8. The van der Waals surface area contributed by atoms with Crippen LogP contribution >= 0.6 is 0 Å². The minimum Gasteiger partial charge on any atom is -0.491 e. The first-order valence-electron chi connectivity index (χ1n) is 11.4. The van der Waals surface area contributed by atoms with Crippen molar-refractivity contribution in [2.45, 2.75) is 39.0 Å². The lowest BCUT2D eigenvalue weighted by Gasteiger charge is -2.09. The van der Waals surface area contributed by atoms with Crippen molar-refractivity contribution in [1.29, 1.82) is 0 Å². The molecule has 0 atom stereocenters. The van der Waals surface area contributed by atoms with Crippen LogP contribution in [0, 0.1) is 0 Å². The molecule has 1 aromatic carbocycles. The molecule has 0 saturated heterocycles. The maximum absolute atomic E-state index is 10.6. The summed E-state index contributed by atoms with van der Waals surface area (Å²) in [5.41, 5.74) is 0.630. The van der Waals surface area contributed by atoms with E-state index >= 15 is 0 Å². The van der Waals surface area contributed by atoms with Gasteiger partial charge in [0.05, 0.1) is 59.5 Å². The monoisotopic (exact) mass is 440 g/mol. The second-order valence-corrected chi connectivity index (χ2v) is 7.01. The van der Waals surface area contributed by atoms with Crippen molar-refractivity contribution in [2.24, 2.45) is 0 Å². The molecule has 31 heavy (non-hydrogen) atoms. The van der Waals surface area contributed by atoms with Gasteiger partial charge in [-0.05, 0) is 30.7 Å². The summed E-state index contributed by atoms with van der Waals surface area (Å²) in [5.74, 6) is 0.719. The van der Waals surface area contributed by atoms with E-state index in [0.717, 1.165) is 25.1 Å². The van der Waals surface area contributed by atoms with E-state index in [0.29, 0.717) is 71.6 Å². The van der Waals surface area contributed by atoms with Crippen molar-refractivity contribution in [1.82, 2.24) is 0 Å². The zero-order valence-electron chi connectivity index (χ0n) is 19.1. The van der Waals surface area contributed by atoms with Gasteiger partial charge in [-0.15, -0.1) is 0 Å². The zero-order valence-corrected chi connectivity index (χ0v) is 19.1. The first-order chi connectivity index (χ1) is 15.4. The molecule has 0 aromatic heterocycles. The number of hydrogen-bond acceptors (Lipinski definition) is 7. The molecule has 7 heteroatoms. The Morgan fingerprint density at radius 3 is 1.52 bits per heavy atom. The van der Waals surface area contributed by atoms with E-state index in [1.54, 1.807) is 24.3 Å². The molecule has 0 N–H and O–H groups in total. The number of hydrogen-bond donors (Lipinski definition) is 0. The number of benzene rings is 1. The van der Waals surface area contributed by atoms with Crippen LogP contribution in [0.2, 0.25) is 0 Å². The lowest BCUT2D eigenvalue weighted by molar-refractivity contribution is -0.0128. The first-order valence-corrected chi connectivity index (χ1v) is 11.4. The van der Waals surface area contributed by atoms with Crippen molar-refractivity contribution in [2.75, 3.05) is 72.7 Å². The van der Waals surface area contributed by atoms with Gasteiger partial charge in [0, 0.05) is 12.2 Å². The van der Waals surface area contributed by atoms with Crippen molar-refractivity contribution >= 4 is 6.29 Å². The Morgan fingerprint density at radius 1 is 0.581 bits per heavy atom. The fraction of sp³-hybridized carbons (Fsp3) is 0.708. The molecule has 0 spiro atoms. The molecular formula is C24H40O7. The topological polar surface area (TPSA) is 72.5 Å². The van der Waals surface area contributed by atoms with E-state index in [1.807, 2.05) is 0 Å². The van der Waals surface area contributed by atoms with E-state index in [9.17, 15) is 4.79 Å². The average molecular weight is 441 g/mol. The molecule has 0 bridgehead atoms. The number of rotatable bonds is 23. The Bertz CT molecular complexity index is 507. The summed E-state index contributed by atoms with van der Waals surface area (Å²) in [6, 6.07) is 6.97. The summed E-state index contributed by atoms with van der Waals surface area (Å²) >= 11 is 0. The molecule has 1 aromatic rings. The van der Waals surface area contributed by atoms with Crippen LogP contribution in [0.3, 0.4) is 0 Å². The molecule has 0 saturated carbocycles. The van der Waals surface area contributed by atoms with Crippen molar-refractivity contribution in [3.8, 4) is 5.75 Å². The van der Waals surface area contributed by atoms with E-state index in [4.69, 9.17) is 28.4 Å². The largest absolute Gasteiger partial charge is 0.491 e. The smallest absolute Gasteiger partial charge is 0.150 e. The number of aldehydes is 1. The summed E-state index contributed by atoms with van der Waals surface area (Å²) in [7, 11) is 0. The number of carbonyl (C=O) groups is 1. The van der Waals surface area contributed by atoms with Crippen molar-refractivity contribution in [3.63, 3.8) is 0 Å². The maximum atomic E-state index is 10.6. The minimum absolute atomic E-state index is 0.452. The van der Waals surface area contributed by atoms with Crippen LogP contribution in [0.5, 0.6) is 5.75 Å². The highest BCUT2D eigenvalue weighted by Gasteiger charge is 1.96. The van der Waals surface area contributed by atoms with E-state index in [1.165, 1.54) is 25.7 Å². The molecule has 0 aliphatic heterocycles. The van der Waals surface area contributed by atoms with Crippen molar-refractivity contribution in [3.05, 3.63) is 29.8 Å². The molecule has 0 radical (unpaired) electrons. The molecule has 0 unspecified atom stereocenters. The predicted molar refractivity (Wildman–Crippen MR) is 120 cm³/mol. The summed E-state index contributed by atoms with van der Waals surface area (Å²) in [4.78, 5) is 10.6. The average Bonchev–Trinajstić information content (AvgIpc) is 2.80. The quantitative estimate of drug-likeness (QED) is 0.189. The van der Waals surface area contributed by atoms with Crippen LogP contribution in [0.25, 0.3) is 0 Å². The molecule has 1 rings (SSSR count). The third-order valence-corrected chi connectivity index (χ3v) is 4.39. The molecule has 0 fully saturated rings. The molecule has 0 heterocycles. The van der Waals surface area contributed by atoms with Gasteiger partial charge in [-0.2, -0.15) is 0 Å². The van der Waals surface area contributed by atoms with Gasteiger partial charge in [0.15, 0.2) is 0 Å². The Morgan fingerprint density at radius 2 is 1.03 bits per heavy atom. The standard InChI is InChI=1S/C24H40O7/c1-2-3-4-5-6-11-26-12-13-27-14-15-28-16-17-29-18-19-30-20-21-31-24-9-7-23(22-25)8-10-24/h7-10,22H,2-6,11-21H2,1H3. The van der Waals surface area contributed by atoms with Crippen LogP contribution in [0.1, 0.15) is 49.4 Å². The fourth-order valence-corrected chi connectivity index (χ4v) is 2.65. The predicted octanol–water partition coefficient (Wildman–Crippen LogP) is 3.93.